The summed E-state index contributed by atoms with van der Waals surface area (Å²) in [6.45, 7) is 1.91. The highest BCUT2D eigenvalue weighted by Gasteiger charge is 2.32. The van der Waals surface area contributed by atoms with Crippen molar-refractivity contribution in [2.24, 2.45) is 0 Å². The van der Waals surface area contributed by atoms with Gasteiger partial charge in [0.15, 0.2) is 5.78 Å². The minimum atomic E-state index is -0.533. The zero-order valence-corrected chi connectivity index (χ0v) is 7.93. The number of hydrogen-bond donors (Lipinski definition) is 0. The lowest BCUT2D eigenvalue weighted by atomic mass is 9.90. The number of aromatic nitrogens is 1. The molecule has 1 aromatic heterocycles. The number of rotatable bonds is 1. The Labute approximate surface area is 82.4 Å². The van der Waals surface area contributed by atoms with Crippen molar-refractivity contribution >= 4 is 5.78 Å². The molecule has 1 aliphatic heterocycles. The third-order valence-corrected chi connectivity index (χ3v) is 2.38. The first-order chi connectivity index (χ1) is 6.71. The summed E-state index contributed by atoms with van der Waals surface area (Å²) in [5.41, 5.74) is 0.444. The molecular formula is C11H11NO2. The fraction of sp³-hybridized carbons (Fsp3) is 0.273. The molecule has 0 fully saturated rings. The number of hydrogen-bond acceptors (Lipinski definition) is 3. The molecule has 1 aliphatic rings. The van der Waals surface area contributed by atoms with Gasteiger partial charge in [-0.2, -0.15) is 0 Å². The molecule has 3 heteroatoms. The van der Waals surface area contributed by atoms with Crippen molar-refractivity contribution in [1.29, 1.82) is 0 Å². The van der Waals surface area contributed by atoms with Gasteiger partial charge in [0.05, 0.1) is 12.7 Å². The highest BCUT2D eigenvalue weighted by atomic mass is 16.5. The standard InChI is InChI=1S/C11H11NO2/c1-11(8-10(13)4-7-14-11)9-2-5-12-6-3-9/h2-7H,8H2,1H3. The Hall–Kier alpha value is -1.64. The Morgan fingerprint density at radius 1 is 1.43 bits per heavy atom. The van der Waals surface area contributed by atoms with Gasteiger partial charge in [0.2, 0.25) is 0 Å². The van der Waals surface area contributed by atoms with E-state index in [4.69, 9.17) is 4.74 Å². The van der Waals surface area contributed by atoms with Crippen LogP contribution in [0.3, 0.4) is 0 Å². The van der Waals surface area contributed by atoms with Crippen molar-refractivity contribution < 1.29 is 9.53 Å². The second kappa shape index (κ2) is 3.25. The molecule has 1 aromatic rings. The molecule has 0 saturated heterocycles. The topological polar surface area (TPSA) is 39.2 Å². The molecule has 2 heterocycles. The van der Waals surface area contributed by atoms with Crippen molar-refractivity contribution in [1.82, 2.24) is 4.98 Å². The predicted octanol–water partition coefficient (Wildman–Crippen LogP) is 1.80. The third kappa shape index (κ3) is 1.53. The number of carbonyl (C=O) groups excluding carboxylic acids is 1. The molecule has 0 N–H and O–H groups in total. The fourth-order valence-electron chi connectivity index (χ4n) is 1.57. The van der Waals surface area contributed by atoms with Gasteiger partial charge >= 0.3 is 0 Å². The van der Waals surface area contributed by atoms with Crippen molar-refractivity contribution in [3.05, 3.63) is 42.4 Å². The summed E-state index contributed by atoms with van der Waals surface area (Å²) in [6.07, 6.45) is 6.71. The predicted molar refractivity (Wildman–Crippen MR) is 51.4 cm³/mol. The number of ketones is 1. The Bertz CT molecular complexity index is 372. The molecule has 1 unspecified atom stereocenters. The molecule has 0 amide bonds. The van der Waals surface area contributed by atoms with Crippen molar-refractivity contribution in [2.45, 2.75) is 18.9 Å². The van der Waals surface area contributed by atoms with E-state index in [9.17, 15) is 4.79 Å². The van der Waals surface area contributed by atoms with E-state index in [-0.39, 0.29) is 5.78 Å². The van der Waals surface area contributed by atoms with Gasteiger partial charge in [-0.1, -0.05) is 0 Å². The van der Waals surface area contributed by atoms with E-state index in [1.807, 2.05) is 19.1 Å². The highest BCUT2D eigenvalue weighted by molar-refractivity contribution is 5.90. The largest absolute Gasteiger partial charge is 0.490 e. The molecule has 3 nitrogen and oxygen atoms in total. The third-order valence-electron chi connectivity index (χ3n) is 2.38. The maximum Gasteiger partial charge on any atom is 0.163 e. The van der Waals surface area contributed by atoms with Crippen LogP contribution in [0.5, 0.6) is 0 Å². The van der Waals surface area contributed by atoms with E-state index < -0.39 is 5.60 Å². The van der Waals surface area contributed by atoms with Crippen LogP contribution in [0.25, 0.3) is 0 Å². The molecule has 0 aliphatic carbocycles. The first-order valence-corrected chi connectivity index (χ1v) is 4.48. The molecule has 2 rings (SSSR count). The number of allylic oxidation sites excluding steroid dienone is 1. The number of carbonyl (C=O) groups is 1. The van der Waals surface area contributed by atoms with Crippen LogP contribution >= 0.6 is 0 Å². The first-order valence-electron chi connectivity index (χ1n) is 4.48. The van der Waals surface area contributed by atoms with Crippen LogP contribution in [-0.4, -0.2) is 10.8 Å². The summed E-state index contributed by atoms with van der Waals surface area (Å²) >= 11 is 0. The molecule has 72 valence electrons. The van der Waals surface area contributed by atoms with Crippen LogP contribution in [-0.2, 0) is 15.1 Å². The van der Waals surface area contributed by atoms with E-state index >= 15 is 0 Å². The van der Waals surface area contributed by atoms with Crippen molar-refractivity contribution in [3.8, 4) is 0 Å². The minimum Gasteiger partial charge on any atom is -0.490 e. The van der Waals surface area contributed by atoms with E-state index in [2.05, 4.69) is 4.98 Å². The van der Waals surface area contributed by atoms with Gasteiger partial charge in [-0.15, -0.1) is 0 Å². The molecule has 0 bridgehead atoms. The summed E-state index contributed by atoms with van der Waals surface area (Å²) in [7, 11) is 0. The van der Waals surface area contributed by atoms with Crippen LogP contribution < -0.4 is 0 Å². The zero-order valence-electron chi connectivity index (χ0n) is 7.93. The van der Waals surface area contributed by atoms with E-state index in [1.54, 1.807) is 12.4 Å². The van der Waals surface area contributed by atoms with Crippen LogP contribution in [0, 0.1) is 0 Å². The lowest BCUT2D eigenvalue weighted by molar-refractivity contribution is -0.122. The molecule has 0 aromatic carbocycles. The van der Waals surface area contributed by atoms with Crippen LogP contribution in [0.4, 0.5) is 0 Å². The molecule has 0 saturated carbocycles. The molecule has 0 radical (unpaired) electrons. The van der Waals surface area contributed by atoms with Crippen LogP contribution in [0.1, 0.15) is 18.9 Å². The lowest BCUT2D eigenvalue weighted by Crippen LogP contribution is -2.29. The number of nitrogens with zero attached hydrogens (tertiary/aromatic N) is 1. The number of ether oxygens (including phenoxy) is 1. The Morgan fingerprint density at radius 2 is 2.14 bits per heavy atom. The quantitative estimate of drug-likeness (QED) is 0.676. The summed E-state index contributed by atoms with van der Waals surface area (Å²) in [4.78, 5) is 15.2. The van der Waals surface area contributed by atoms with Crippen molar-refractivity contribution in [2.75, 3.05) is 0 Å². The van der Waals surface area contributed by atoms with E-state index in [0.29, 0.717) is 6.42 Å². The molecule has 1 atom stereocenters. The monoisotopic (exact) mass is 189 g/mol. The Balaban J connectivity index is 2.34. The van der Waals surface area contributed by atoms with Gasteiger partial charge in [0.1, 0.15) is 5.60 Å². The lowest BCUT2D eigenvalue weighted by Gasteiger charge is -2.30. The maximum atomic E-state index is 11.3. The smallest absolute Gasteiger partial charge is 0.163 e. The van der Waals surface area contributed by atoms with Gasteiger partial charge in [0, 0.05) is 18.5 Å². The van der Waals surface area contributed by atoms with E-state index in [0.717, 1.165) is 5.56 Å². The summed E-state index contributed by atoms with van der Waals surface area (Å²) in [6, 6.07) is 3.74. The van der Waals surface area contributed by atoms with Gasteiger partial charge in [-0.25, -0.2) is 0 Å². The average Bonchev–Trinajstić information content (AvgIpc) is 2.19. The SMILES string of the molecule is CC1(c2ccncc2)CC(=O)C=CO1. The summed E-state index contributed by atoms with van der Waals surface area (Å²) in [5.74, 6) is 0.0931. The van der Waals surface area contributed by atoms with Crippen LogP contribution in [0.2, 0.25) is 0 Å². The van der Waals surface area contributed by atoms with Gasteiger partial charge < -0.3 is 4.74 Å². The summed E-state index contributed by atoms with van der Waals surface area (Å²) < 4.78 is 5.49. The first kappa shape index (κ1) is 8.94. The molecule has 0 spiro atoms. The highest BCUT2D eigenvalue weighted by Crippen LogP contribution is 2.31. The average molecular weight is 189 g/mol. The van der Waals surface area contributed by atoms with Crippen molar-refractivity contribution in [3.63, 3.8) is 0 Å². The number of pyridine rings is 1. The minimum absolute atomic E-state index is 0.0931. The van der Waals surface area contributed by atoms with Gasteiger partial charge in [0.25, 0.3) is 0 Å². The summed E-state index contributed by atoms with van der Waals surface area (Å²) in [5, 5.41) is 0. The van der Waals surface area contributed by atoms with Crippen LogP contribution in [0.15, 0.2) is 36.9 Å². The second-order valence-electron chi connectivity index (χ2n) is 3.53. The molecule has 14 heavy (non-hydrogen) atoms. The fourth-order valence-corrected chi connectivity index (χ4v) is 1.57. The normalized spacial score (nSPS) is 25.9. The van der Waals surface area contributed by atoms with Gasteiger partial charge in [-0.05, 0) is 24.6 Å². The Morgan fingerprint density at radius 3 is 2.79 bits per heavy atom. The second-order valence-corrected chi connectivity index (χ2v) is 3.53. The maximum absolute atomic E-state index is 11.3. The van der Waals surface area contributed by atoms with E-state index in [1.165, 1.54) is 12.3 Å². The molecular weight excluding hydrogens is 178 g/mol. The van der Waals surface area contributed by atoms with Gasteiger partial charge in [-0.3, -0.25) is 9.78 Å². The Kier molecular flexibility index (Phi) is 2.08. The zero-order chi connectivity index (χ0) is 10.0.